The minimum absolute atomic E-state index is 0.246. The molecule has 0 aliphatic heterocycles. The molecule has 0 aromatic heterocycles. The lowest BCUT2D eigenvalue weighted by molar-refractivity contribution is -0.119. The van der Waals surface area contributed by atoms with Crippen LogP contribution in [0.2, 0.25) is 5.02 Å². The third-order valence-corrected chi connectivity index (χ3v) is 5.86. The van der Waals surface area contributed by atoms with Gasteiger partial charge in [0.1, 0.15) is 6.54 Å². The monoisotopic (exact) mass is 388 g/mol. The summed E-state index contributed by atoms with van der Waals surface area (Å²) in [4.78, 5) is 12.3. The second-order valence-electron chi connectivity index (χ2n) is 6.37. The van der Waals surface area contributed by atoms with E-state index in [4.69, 9.17) is 11.6 Å². The van der Waals surface area contributed by atoms with Crippen LogP contribution in [0, 0.1) is 12.8 Å². The Bertz CT molecular complexity index is 677. The Morgan fingerprint density at radius 3 is 2.56 bits per heavy atom. The van der Waals surface area contributed by atoms with Crippen LogP contribution in [0.4, 0.5) is 5.69 Å². The summed E-state index contributed by atoms with van der Waals surface area (Å²) >= 11 is 6.09. The maximum absolute atomic E-state index is 12.3. The predicted octanol–water partition coefficient (Wildman–Crippen LogP) is 3.75. The normalized spacial score (nSPS) is 12.7. The van der Waals surface area contributed by atoms with Crippen molar-refractivity contribution in [3.05, 3.63) is 28.8 Å². The van der Waals surface area contributed by atoms with Gasteiger partial charge in [-0.3, -0.25) is 9.10 Å². The standard InChI is InChI=1S/C18H29ClN2O3S/c1-5-7-9-15(6-2)12-20-18(22)13-21(25(4,23)24)17-11-8-10-16(19)14(17)3/h8,10-11,15H,5-7,9,12-13H2,1-4H3,(H,20,22). The second-order valence-corrected chi connectivity index (χ2v) is 8.69. The van der Waals surface area contributed by atoms with E-state index < -0.39 is 10.0 Å². The SMILES string of the molecule is CCCCC(CC)CNC(=O)CN(c1cccc(Cl)c1C)S(C)(=O)=O. The molecular weight excluding hydrogens is 360 g/mol. The quantitative estimate of drug-likeness (QED) is 0.663. The number of nitrogens with zero attached hydrogens (tertiary/aromatic N) is 1. The Kier molecular flexibility index (Phi) is 8.73. The lowest BCUT2D eigenvalue weighted by Gasteiger charge is -2.24. The molecule has 0 aliphatic rings. The molecule has 0 bridgehead atoms. The number of carbonyl (C=O) groups is 1. The van der Waals surface area contributed by atoms with E-state index in [1.807, 2.05) is 0 Å². The molecule has 25 heavy (non-hydrogen) atoms. The summed E-state index contributed by atoms with van der Waals surface area (Å²) in [6.45, 7) is 6.31. The number of carbonyl (C=O) groups excluding carboxylic acids is 1. The molecule has 0 saturated heterocycles. The molecule has 0 fully saturated rings. The second kappa shape index (κ2) is 10.0. The minimum Gasteiger partial charge on any atom is -0.354 e. The lowest BCUT2D eigenvalue weighted by atomic mass is 9.99. The fraction of sp³-hybridized carbons (Fsp3) is 0.611. The number of unbranched alkanes of at least 4 members (excludes halogenated alkanes) is 1. The molecule has 0 saturated carbocycles. The molecule has 1 amide bonds. The van der Waals surface area contributed by atoms with Crippen LogP contribution < -0.4 is 9.62 Å². The Morgan fingerprint density at radius 1 is 1.32 bits per heavy atom. The first-order chi connectivity index (χ1) is 11.7. The van der Waals surface area contributed by atoms with Crippen LogP contribution in [0.25, 0.3) is 0 Å². The lowest BCUT2D eigenvalue weighted by Crippen LogP contribution is -2.42. The highest BCUT2D eigenvalue weighted by Gasteiger charge is 2.23. The van der Waals surface area contributed by atoms with Crippen LogP contribution in [0.5, 0.6) is 0 Å². The highest BCUT2D eigenvalue weighted by Crippen LogP contribution is 2.28. The molecule has 1 unspecified atom stereocenters. The molecule has 7 heteroatoms. The highest BCUT2D eigenvalue weighted by atomic mass is 35.5. The summed E-state index contributed by atoms with van der Waals surface area (Å²) < 4.78 is 25.4. The van der Waals surface area contributed by atoms with Gasteiger partial charge in [0.2, 0.25) is 15.9 Å². The van der Waals surface area contributed by atoms with Gasteiger partial charge in [-0.2, -0.15) is 0 Å². The van der Waals surface area contributed by atoms with Crippen LogP contribution >= 0.6 is 11.6 Å². The molecule has 0 radical (unpaired) electrons. The molecule has 1 aromatic carbocycles. The van der Waals surface area contributed by atoms with Gasteiger partial charge in [-0.1, -0.05) is 50.8 Å². The van der Waals surface area contributed by atoms with E-state index in [-0.39, 0.29) is 12.5 Å². The smallest absolute Gasteiger partial charge is 0.240 e. The van der Waals surface area contributed by atoms with Crippen molar-refractivity contribution in [1.82, 2.24) is 5.32 Å². The number of benzene rings is 1. The van der Waals surface area contributed by atoms with E-state index in [9.17, 15) is 13.2 Å². The summed E-state index contributed by atoms with van der Waals surface area (Å²) in [7, 11) is -3.60. The molecule has 1 aromatic rings. The molecule has 0 aliphatic carbocycles. The number of halogens is 1. The van der Waals surface area contributed by atoms with Gasteiger partial charge in [0.15, 0.2) is 0 Å². The first kappa shape index (κ1) is 21.8. The van der Waals surface area contributed by atoms with Crippen molar-refractivity contribution >= 4 is 33.2 Å². The van der Waals surface area contributed by atoms with Gasteiger partial charge < -0.3 is 5.32 Å². The van der Waals surface area contributed by atoms with Crippen molar-refractivity contribution in [3.8, 4) is 0 Å². The van der Waals surface area contributed by atoms with E-state index in [1.165, 1.54) is 0 Å². The van der Waals surface area contributed by atoms with Crippen molar-refractivity contribution in [1.29, 1.82) is 0 Å². The van der Waals surface area contributed by atoms with Crippen LogP contribution in [0.15, 0.2) is 18.2 Å². The molecule has 0 heterocycles. The molecule has 142 valence electrons. The predicted molar refractivity (Wildman–Crippen MR) is 105 cm³/mol. The average molecular weight is 389 g/mol. The van der Waals surface area contributed by atoms with Crippen molar-refractivity contribution in [2.75, 3.05) is 23.7 Å². The third-order valence-electron chi connectivity index (χ3n) is 4.33. The van der Waals surface area contributed by atoms with E-state index in [0.717, 1.165) is 36.2 Å². The van der Waals surface area contributed by atoms with Crippen molar-refractivity contribution in [2.45, 2.75) is 46.5 Å². The summed E-state index contributed by atoms with van der Waals surface area (Å²) in [5, 5.41) is 3.34. The minimum atomic E-state index is -3.60. The van der Waals surface area contributed by atoms with E-state index in [0.29, 0.717) is 28.7 Å². The molecule has 0 spiro atoms. The maximum atomic E-state index is 12.3. The summed E-state index contributed by atoms with van der Waals surface area (Å²) in [5.41, 5.74) is 1.07. The zero-order chi connectivity index (χ0) is 19.0. The Hall–Kier alpha value is -1.27. The van der Waals surface area contributed by atoms with Crippen LogP contribution in [-0.2, 0) is 14.8 Å². The largest absolute Gasteiger partial charge is 0.354 e. The van der Waals surface area contributed by atoms with Crippen molar-refractivity contribution in [2.24, 2.45) is 5.92 Å². The summed E-state index contributed by atoms with van der Waals surface area (Å²) in [5.74, 6) is 0.114. The van der Waals surface area contributed by atoms with Crippen LogP contribution in [0.1, 0.15) is 45.1 Å². The van der Waals surface area contributed by atoms with E-state index in [2.05, 4.69) is 19.2 Å². The number of amides is 1. The van der Waals surface area contributed by atoms with Gasteiger partial charge in [0.05, 0.1) is 11.9 Å². The fourth-order valence-corrected chi connectivity index (χ4v) is 3.71. The number of nitrogens with one attached hydrogen (secondary N) is 1. The third kappa shape index (κ3) is 6.86. The van der Waals surface area contributed by atoms with Crippen molar-refractivity contribution in [3.63, 3.8) is 0 Å². The Morgan fingerprint density at radius 2 is 2.00 bits per heavy atom. The number of hydrogen-bond acceptors (Lipinski definition) is 3. The Balaban J connectivity index is 2.83. The topological polar surface area (TPSA) is 66.5 Å². The molecule has 1 N–H and O–H groups in total. The number of sulfonamides is 1. The molecule has 1 atom stereocenters. The highest BCUT2D eigenvalue weighted by molar-refractivity contribution is 7.92. The van der Waals surface area contributed by atoms with Crippen LogP contribution in [0.3, 0.4) is 0 Å². The molecular formula is C18H29ClN2O3S. The first-order valence-corrected chi connectivity index (χ1v) is 10.9. The first-order valence-electron chi connectivity index (χ1n) is 8.70. The average Bonchev–Trinajstić information content (AvgIpc) is 2.55. The number of anilines is 1. The Labute approximate surface area is 156 Å². The summed E-state index contributed by atoms with van der Waals surface area (Å²) in [6, 6.07) is 5.03. The van der Waals surface area contributed by atoms with Gasteiger partial charge >= 0.3 is 0 Å². The van der Waals surface area contributed by atoms with Gasteiger partial charge in [0, 0.05) is 11.6 Å². The molecule has 5 nitrogen and oxygen atoms in total. The number of rotatable bonds is 10. The number of hydrogen-bond donors (Lipinski definition) is 1. The molecule has 1 rings (SSSR count). The van der Waals surface area contributed by atoms with Crippen molar-refractivity contribution < 1.29 is 13.2 Å². The van der Waals surface area contributed by atoms with Crippen LogP contribution in [-0.4, -0.2) is 33.7 Å². The maximum Gasteiger partial charge on any atom is 0.240 e. The van der Waals surface area contributed by atoms with E-state index in [1.54, 1.807) is 25.1 Å². The summed E-state index contributed by atoms with van der Waals surface area (Å²) in [6.07, 6.45) is 5.41. The van der Waals surface area contributed by atoms with Gasteiger partial charge in [0.25, 0.3) is 0 Å². The fourth-order valence-electron chi connectivity index (χ4n) is 2.64. The zero-order valence-electron chi connectivity index (χ0n) is 15.5. The zero-order valence-corrected chi connectivity index (χ0v) is 17.1. The van der Waals surface area contributed by atoms with E-state index >= 15 is 0 Å². The van der Waals surface area contributed by atoms with Gasteiger partial charge in [-0.25, -0.2) is 8.42 Å². The van der Waals surface area contributed by atoms with Gasteiger partial charge in [-0.15, -0.1) is 0 Å². The van der Waals surface area contributed by atoms with Gasteiger partial charge in [-0.05, 0) is 37.0 Å².